The first kappa shape index (κ1) is 20.6. The number of hydrogen-bond acceptors (Lipinski definition) is 4. The van der Waals surface area contributed by atoms with Crippen LogP contribution in [-0.2, 0) is 0 Å². The van der Waals surface area contributed by atoms with Gasteiger partial charge in [-0.15, -0.1) is 0 Å². The summed E-state index contributed by atoms with van der Waals surface area (Å²) in [5, 5.41) is 6.29. The van der Waals surface area contributed by atoms with E-state index in [1.165, 1.54) is 9.36 Å². The number of carbonyl (C=O) groups excluding carboxylic acids is 2. The van der Waals surface area contributed by atoms with Crippen molar-refractivity contribution in [2.24, 2.45) is 0 Å². The second-order valence-electron chi connectivity index (χ2n) is 7.54. The first-order valence-corrected chi connectivity index (χ1v) is 12.1. The monoisotopic (exact) mass is 467 g/mol. The van der Waals surface area contributed by atoms with Gasteiger partial charge in [0.15, 0.2) is 0 Å². The van der Waals surface area contributed by atoms with E-state index in [-0.39, 0.29) is 11.8 Å². The van der Waals surface area contributed by atoms with Crippen molar-refractivity contribution >= 4 is 47.7 Å². The van der Waals surface area contributed by atoms with E-state index >= 15 is 0 Å². The van der Waals surface area contributed by atoms with Crippen LogP contribution in [-0.4, -0.2) is 70.3 Å². The zero-order chi connectivity index (χ0) is 21.1. The Morgan fingerprint density at radius 3 is 2.37 bits per heavy atom. The van der Waals surface area contributed by atoms with Crippen LogP contribution in [0.25, 0.3) is 10.8 Å². The van der Waals surface area contributed by atoms with Crippen molar-refractivity contribution in [3.05, 3.63) is 71.8 Å². The Morgan fingerprint density at radius 1 is 0.900 bits per heavy atom. The molecule has 0 radical (unpaired) electrons. The van der Waals surface area contributed by atoms with E-state index in [0.717, 1.165) is 28.3 Å². The molecule has 0 spiro atoms. The van der Waals surface area contributed by atoms with E-state index in [1.807, 2.05) is 55.4 Å². The van der Waals surface area contributed by atoms with Crippen LogP contribution in [0.4, 0.5) is 5.69 Å². The van der Waals surface area contributed by atoms with Crippen LogP contribution in [0, 0.1) is 0 Å². The summed E-state index contributed by atoms with van der Waals surface area (Å²) in [5.41, 5.74) is 2.19. The molecule has 1 aliphatic rings. The van der Waals surface area contributed by atoms with E-state index < -0.39 is 0 Å². The number of nitrogens with zero attached hydrogens (tertiary/aromatic N) is 2. The number of amides is 2. The third-order valence-corrected chi connectivity index (χ3v) is 7.32. The summed E-state index contributed by atoms with van der Waals surface area (Å²) in [7, 11) is 3.87. The number of benzene rings is 3. The summed E-state index contributed by atoms with van der Waals surface area (Å²) < 4.78 is 1.39. The number of likely N-dealkylation sites (N-methyl/N-ethyl adjacent to an activating group) is 1. The predicted molar refractivity (Wildman–Crippen MR) is 123 cm³/mol. The standard InChI is InChI=1S/C24H25N3O2Se/c1-26(2)14-15-27-23(28)19-10-6-9-18-21(12-11-20(22(18)19)24(27)29)25-13-16-30-17-7-4-3-5-8-17/h3-12,25H,13-16H2,1-2H3. The van der Waals surface area contributed by atoms with E-state index in [4.69, 9.17) is 0 Å². The zero-order valence-corrected chi connectivity index (χ0v) is 18.9. The number of anilines is 1. The second kappa shape index (κ2) is 9.00. The van der Waals surface area contributed by atoms with Gasteiger partial charge in [0, 0.05) is 0 Å². The Kier molecular flexibility index (Phi) is 6.18. The molecule has 6 heteroatoms. The molecule has 3 aromatic carbocycles. The van der Waals surface area contributed by atoms with Crippen LogP contribution in [0.3, 0.4) is 0 Å². The summed E-state index contributed by atoms with van der Waals surface area (Å²) in [4.78, 5) is 29.4. The predicted octanol–water partition coefficient (Wildman–Crippen LogP) is 2.86. The fraction of sp³-hybridized carbons (Fsp3) is 0.250. The molecule has 4 rings (SSSR count). The molecule has 0 aliphatic carbocycles. The van der Waals surface area contributed by atoms with Crippen molar-refractivity contribution < 1.29 is 9.59 Å². The van der Waals surface area contributed by atoms with Crippen LogP contribution in [0.1, 0.15) is 20.7 Å². The third-order valence-electron chi connectivity index (χ3n) is 5.19. The van der Waals surface area contributed by atoms with Crippen molar-refractivity contribution in [1.29, 1.82) is 0 Å². The Morgan fingerprint density at radius 2 is 1.63 bits per heavy atom. The van der Waals surface area contributed by atoms with Crippen molar-refractivity contribution in [2.45, 2.75) is 5.32 Å². The molecular weight excluding hydrogens is 441 g/mol. The van der Waals surface area contributed by atoms with Crippen LogP contribution >= 0.6 is 0 Å². The zero-order valence-electron chi connectivity index (χ0n) is 17.2. The number of rotatable bonds is 8. The maximum absolute atomic E-state index is 13.0. The molecule has 0 fully saturated rings. The summed E-state index contributed by atoms with van der Waals surface area (Å²) in [6.45, 7) is 1.89. The third kappa shape index (κ3) is 4.12. The second-order valence-corrected chi connectivity index (χ2v) is 9.99. The van der Waals surface area contributed by atoms with Crippen molar-refractivity contribution in [1.82, 2.24) is 9.80 Å². The SMILES string of the molecule is CN(C)CCN1C(=O)c2cccc3c(NCC[Se]c4ccccc4)ccc(c23)C1=O. The number of imide groups is 1. The molecule has 0 saturated carbocycles. The average Bonchev–Trinajstić information content (AvgIpc) is 2.76. The van der Waals surface area contributed by atoms with Crippen molar-refractivity contribution in [3.63, 3.8) is 0 Å². The summed E-state index contributed by atoms with van der Waals surface area (Å²) in [5.74, 6) is -0.408. The van der Waals surface area contributed by atoms with Gasteiger partial charge < -0.3 is 0 Å². The first-order chi connectivity index (χ1) is 14.6. The van der Waals surface area contributed by atoms with Gasteiger partial charge in [-0.25, -0.2) is 0 Å². The number of nitrogens with one attached hydrogen (secondary N) is 1. The Labute approximate surface area is 183 Å². The van der Waals surface area contributed by atoms with Gasteiger partial charge in [0.05, 0.1) is 0 Å². The maximum atomic E-state index is 13.0. The minimum atomic E-state index is -0.204. The van der Waals surface area contributed by atoms with Gasteiger partial charge in [-0.05, 0) is 14.1 Å². The summed E-state index contributed by atoms with van der Waals surface area (Å²) in [6.07, 6.45) is 0. The Bertz CT molecular complexity index is 1060. The molecule has 1 aliphatic heterocycles. The molecular formula is C24H25N3O2Se. The molecule has 5 nitrogen and oxygen atoms in total. The molecule has 30 heavy (non-hydrogen) atoms. The Balaban J connectivity index is 1.55. The first-order valence-electron chi connectivity index (χ1n) is 10.0. The molecule has 1 heterocycles. The summed E-state index contributed by atoms with van der Waals surface area (Å²) >= 11 is 0.416. The van der Waals surface area contributed by atoms with Crippen LogP contribution in [0.2, 0.25) is 5.32 Å². The fourth-order valence-electron chi connectivity index (χ4n) is 3.67. The number of hydrogen-bond donors (Lipinski definition) is 1. The molecule has 154 valence electrons. The van der Waals surface area contributed by atoms with E-state index in [9.17, 15) is 9.59 Å². The normalized spacial score (nSPS) is 13.4. The van der Waals surface area contributed by atoms with Gasteiger partial charge in [0.25, 0.3) is 0 Å². The molecule has 1 N–H and O–H groups in total. The fourth-order valence-corrected chi connectivity index (χ4v) is 5.33. The molecule has 0 saturated heterocycles. The molecule has 0 aromatic heterocycles. The van der Waals surface area contributed by atoms with E-state index in [0.29, 0.717) is 39.2 Å². The molecule has 0 bridgehead atoms. The van der Waals surface area contributed by atoms with Gasteiger partial charge in [-0.3, -0.25) is 0 Å². The van der Waals surface area contributed by atoms with Gasteiger partial charge in [-0.1, -0.05) is 0 Å². The van der Waals surface area contributed by atoms with Gasteiger partial charge >= 0.3 is 169 Å². The van der Waals surface area contributed by atoms with E-state index in [2.05, 4.69) is 29.6 Å². The van der Waals surface area contributed by atoms with Gasteiger partial charge in [0.1, 0.15) is 0 Å². The van der Waals surface area contributed by atoms with E-state index in [1.54, 1.807) is 0 Å². The number of carbonyl (C=O) groups is 2. The molecule has 2 amide bonds. The van der Waals surface area contributed by atoms with Crippen molar-refractivity contribution in [2.75, 3.05) is 39.0 Å². The van der Waals surface area contributed by atoms with Crippen LogP contribution in [0.15, 0.2) is 60.7 Å². The van der Waals surface area contributed by atoms with Crippen LogP contribution in [0.5, 0.6) is 0 Å². The Hall–Kier alpha value is -2.66. The minimum absolute atomic E-state index is 0.204. The average molecular weight is 466 g/mol. The molecule has 0 unspecified atom stereocenters. The van der Waals surface area contributed by atoms with Gasteiger partial charge in [0.2, 0.25) is 0 Å². The summed E-state index contributed by atoms with van der Waals surface area (Å²) in [6, 6.07) is 20.1. The molecule has 0 atom stereocenters. The van der Waals surface area contributed by atoms with Crippen LogP contribution < -0.4 is 9.78 Å². The molecule has 3 aromatic rings. The quantitative estimate of drug-likeness (QED) is 0.315. The van der Waals surface area contributed by atoms with Gasteiger partial charge in [-0.2, -0.15) is 0 Å². The topological polar surface area (TPSA) is 52.6 Å². The van der Waals surface area contributed by atoms with Crippen molar-refractivity contribution in [3.8, 4) is 0 Å².